The number of aromatic nitrogens is 1. The van der Waals surface area contributed by atoms with Gasteiger partial charge in [0, 0.05) is 11.1 Å². The first-order valence-corrected chi connectivity index (χ1v) is 8.17. The van der Waals surface area contributed by atoms with Crippen LogP contribution >= 0.6 is 11.3 Å². The smallest absolute Gasteiger partial charge is 0.177 e. The third-order valence-electron chi connectivity index (χ3n) is 2.57. The molecule has 0 fully saturated rings. The van der Waals surface area contributed by atoms with E-state index in [0.29, 0.717) is 17.1 Å². The van der Waals surface area contributed by atoms with Crippen molar-refractivity contribution in [2.75, 3.05) is 11.6 Å². The molecule has 0 aliphatic carbocycles. The summed E-state index contributed by atoms with van der Waals surface area (Å²) in [4.78, 5) is 5.60. The van der Waals surface area contributed by atoms with Crippen LogP contribution in [0.25, 0.3) is 0 Å². The van der Waals surface area contributed by atoms with Crippen molar-refractivity contribution >= 4 is 26.9 Å². The minimum atomic E-state index is -3.21. The zero-order chi connectivity index (χ0) is 13.2. The molecule has 1 N–H and O–H groups in total. The molecule has 0 atom stereocenters. The minimum Gasteiger partial charge on any atom is -0.379 e. The Labute approximate surface area is 111 Å². The molecule has 0 aliphatic heterocycles. The standard InChI is InChI=1S/C12H14N2O2S2/c1-9-11(17-8-14-9)7-13-10-5-3-4-6-12(10)18(2,15)16/h3-6,8,13H,7H2,1-2H3. The van der Waals surface area contributed by atoms with Gasteiger partial charge >= 0.3 is 0 Å². The van der Waals surface area contributed by atoms with Crippen molar-refractivity contribution < 1.29 is 8.42 Å². The number of anilines is 1. The molecule has 6 heteroatoms. The number of hydrogen-bond acceptors (Lipinski definition) is 5. The van der Waals surface area contributed by atoms with Gasteiger partial charge in [0.05, 0.1) is 28.3 Å². The number of thiazole rings is 1. The van der Waals surface area contributed by atoms with E-state index in [2.05, 4.69) is 10.3 Å². The Morgan fingerprint density at radius 2 is 2.06 bits per heavy atom. The SMILES string of the molecule is Cc1ncsc1CNc1ccccc1S(C)(=O)=O. The molecule has 96 valence electrons. The highest BCUT2D eigenvalue weighted by molar-refractivity contribution is 7.90. The van der Waals surface area contributed by atoms with Crippen molar-refractivity contribution in [3.05, 3.63) is 40.3 Å². The fraction of sp³-hybridized carbons (Fsp3) is 0.250. The summed E-state index contributed by atoms with van der Waals surface area (Å²) in [6, 6.07) is 6.92. The Bertz CT molecular complexity index is 648. The van der Waals surface area contributed by atoms with Gasteiger partial charge in [0.25, 0.3) is 0 Å². The second-order valence-electron chi connectivity index (χ2n) is 3.98. The summed E-state index contributed by atoms with van der Waals surface area (Å²) < 4.78 is 23.3. The quantitative estimate of drug-likeness (QED) is 0.936. The van der Waals surface area contributed by atoms with Gasteiger partial charge in [-0.05, 0) is 19.1 Å². The molecule has 1 heterocycles. The molecule has 0 spiro atoms. The molecule has 4 nitrogen and oxygen atoms in total. The number of para-hydroxylation sites is 1. The predicted octanol–water partition coefficient (Wildman–Crippen LogP) is 2.47. The fourth-order valence-electron chi connectivity index (χ4n) is 1.61. The minimum absolute atomic E-state index is 0.326. The number of sulfone groups is 1. The molecule has 0 radical (unpaired) electrons. The van der Waals surface area contributed by atoms with Gasteiger partial charge in [0.15, 0.2) is 9.84 Å². The maximum Gasteiger partial charge on any atom is 0.177 e. The van der Waals surface area contributed by atoms with E-state index < -0.39 is 9.84 Å². The largest absolute Gasteiger partial charge is 0.379 e. The van der Waals surface area contributed by atoms with E-state index in [1.807, 2.05) is 13.0 Å². The third-order valence-corrected chi connectivity index (χ3v) is 4.66. The maximum absolute atomic E-state index is 11.6. The van der Waals surface area contributed by atoms with Gasteiger partial charge in [-0.25, -0.2) is 13.4 Å². The third kappa shape index (κ3) is 2.88. The summed E-state index contributed by atoms with van der Waals surface area (Å²) in [5.74, 6) is 0. The Morgan fingerprint density at radius 1 is 1.33 bits per heavy atom. The Balaban J connectivity index is 2.23. The lowest BCUT2D eigenvalue weighted by molar-refractivity contribution is 0.602. The predicted molar refractivity (Wildman–Crippen MR) is 73.7 cm³/mol. The van der Waals surface area contributed by atoms with Gasteiger partial charge in [0.2, 0.25) is 0 Å². The van der Waals surface area contributed by atoms with Crippen molar-refractivity contribution in [1.82, 2.24) is 4.98 Å². The van der Waals surface area contributed by atoms with E-state index in [1.54, 1.807) is 35.0 Å². The number of nitrogens with zero attached hydrogens (tertiary/aromatic N) is 1. The number of nitrogens with one attached hydrogen (secondary N) is 1. The Kier molecular flexibility index (Phi) is 3.68. The highest BCUT2D eigenvalue weighted by Crippen LogP contribution is 2.22. The first kappa shape index (κ1) is 13.0. The summed E-state index contributed by atoms with van der Waals surface area (Å²) in [6.07, 6.45) is 1.21. The topological polar surface area (TPSA) is 59.1 Å². The molecule has 2 rings (SSSR count). The van der Waals surface area contributed by atoms with Crippen LogP contribution in [0.4, 0.5) is 5.69 Å². The van der Waals surface area contributed by atoms with E-state index in [1.165, 1.54) is 6.26 Å². The normalized spacial score (nSPS) is 11.4. The lowest BCUT2D eigenvalue weighted by atomic mass is 10.3. The van der Waals surface area contributed by atoms with Crippen molar-refractivity contribution in [1.29, 1.82) is 0 Å². The van der Waals surface area contributed by atoms with Crippen LogP contribution in [-0.4, -0.2) is 19.7 Å². The van der Waals surface area contributed by atoms with Gasteiger partial charge in [-0.2, -0.15) is 0 Å². The molecule has 0 unspecified atom stereocenters. The van der Waals surface area contributed by atoms with Crippen LogP contribution < -0.4 is 5.32 Å². The summed E-state index contributed by atoms with van der Waals surface area (Å²) in [6.45, 7) is 2.53. The van der Waals surface area contributed by atoms with Gasteiger partial charge < -0.3 is 5.32 Å². The molecule has 0 amide bonds. The van der Waals surface area contributed by atoms with Gasteiger partial charge in [0.1, 0.15) is 0 Å². The first-order chi connectivity index (χ1) is 8.48. The zero-order valence-corrected chi connectivity index (χ0v) is 11.8. The lowest BCUT2D eigenvalue weighted by Gasteiger charge is -2.09. The molecular weight excluding hydrogens is 268 g/mol. The number of aryl methyl sites for hydroxylation is 1. The van der Waals surface area contributed by atoms with Crippen LogP contribution in [0.1, 0.15) is 10.6 Å². The van der Waals surface area contributed by atoms with Crippen molar-refractivity contribution in [2.24, 2.45) is 0 Å². The van der Waals surface area contributed by atoms with Crippen LogP contribution in [0.3, 0.4) is 0 Å². The second kappa shape index (κ2) is 5.07. The molecule has 0 bridgehead atoms. The maximum atomic E-state index is 11.6. The van der Waals surface area contributed by atoms with E-state index in [9.17, 15) is 8.42 Å². The summed E-state index contributed by atoms with van der Waals surface area (Å²) in [5.41, 5.74) is 3.39. The molecule has 2 aromatic rings. The van der Waals surface area contributed by atoms with Crippen LogP contribution in [0.15, 0.2) is 34.7 Å². The van der Waals surface area contributed by atoms with Crippen LogP contribution in [0.2, 0.25) is 0 Å². The van der Waals surface area contributed by atoms with Gasteiger partial charge in [-0.15, -0.1) is 11.3 Å². The molecule has 0 saturated heterocycles. The van der Waals surface area contributed by atoms with E-state index in [4.69, 9.17) is 0 Å². The van der Waals surface area contributed by atoms with Crippen LogP contribution in [-0.2, 0) is 16.4 Å². The van der Waals surface area contributed by atoms with E-state index >= 15 is 0 Å². The zero-order valence-electron chi connectivity index (χ0n) is 10.2. The molecule has 0 aliphatic rings. The van der Waals surface area contributed by atoms with E-state index in [-0.39, 0.29) is 0 Å². The molecular formula is C12H14N2O2S2. The highest BCUT2D eigenvalue weighted by atomic mass is 32.2. The van der Waals surface area contributed by atoms with E-state index in [0.717, 1.165) is 10.6 Å². The molecule has 0 saturated carbocycles. The number of rotatable bonds is 4. The first-order valence-electron chi connectivity index (χ1n) is 5.40. The van der Waals surface area contributed by atoms with Gasteiger partial charge in [-0.3, -0.25) is 0 Å². The van der Waals surface area contributed by atoms with Crippen LogP contribution in [0.5, 0.6) is 0 Å². The van der Waals surface area contributed by atoms with Gasteiger partial charge in [-0.1, -0.05) is 12.1 Å². The monoisotopic (exact) mass is 282 g/mol. The van der Waals surface area contributed by atoms with Crippen molar-refractivity contribution in [2.45, 2.75) is 18.4 Å². The average Bonchev–Trinajstić information content (AvgIpc) is 2.71. The molecule has 1 aromatic heterocycles. The second-order valence-corrected chi connectivity index (χ2v) is 6.91. The Morgan fingerprint density at radius 3 is 2.67 bits per heavy atom. The summed E-state index contributed by atoms with van der Waals surface area (Å²) in [5, 5.41) is 3.15. The van der Waals surface area contributed by atoms with Crippen molar-refractivity contribution in [3.63, 3.8) is 0 Å². The summed E-state index contributed by atoms with van der Waals surface area (Å²) >= 11 is 1.56. The average molecular weight is 282 g/mol. The lowest BCUT2D eigenvalue weighted by Crippen LogP contribution is -2.05. The van der Waals surface area contributed by atoms with Crippen molar-refractivity contribution in [3.8, 4) is 0 Å². The summed E-state index contributed by atoms with van der Waals surface area (Å²) in [7, 11) is -3.21. The highest BCUT2D eigenvalue weighted by Gasteiger charge is 2.12. The number of hydrogen-bond donors (Lipinski definition) is 1. The Hall–Kier alpha value is -1.40. The number of benzene rings is 1. The molecule has 1 aromatic carbocycles. The fourth-order valence-corrected chi connectivity index (χ4v) is 3.19. The molecule has 18 heavy (non-hydrogen) atoms. The van der Waals surface area contributed by atoms with Crippen LogP contribution in [0, 0.1) is 6.92 Å².